The lowest BCUT2D eigenvalue weighted by atomic mass is 10.1. The van der Waals surface area contributed by atoms with Crippen molar-refractivity contribution in [1.29, 1.82) is 0 Å². The van der Waals surface area contributed by atoms with Crippen LogP contribution in [0, 0.1) is 0 Å². The fourth-order valence-electron chi connectivity index (χ4n) is 1.14. The summed E-state index contributed by atoms with van der Waals surface area (Å²) in [6, 6.07) is -0.283. The number of hydrogen-bond donors (Lipinski definition) is 2. The van der Waals surface area contributed by atoms with Crippen molar-refractivity contribution < 1.29 is 9.53 Å². The van der Waals surface area contributed by atoms with E-state index in [0.717, 1.165) is 12.8 Å². The van der Waals surface area contributed by atoms with Crippen LogP contribution in [0.5, 0.6) is 0 Å². The number of carbonyl (C=O) groups excluding carboxylic acids is 1. The van der Waals surface area contributed by atoms with Crippen molar-refractivity contribution >= 4 is 5.91 Å². The number of amides is 1. The van der Waals surface area contributed by atoms with Gasteiger partial charge in [0.2, 0.25) is 5.91 Å². The van der Waals surface area contributed by atoms with E-state index in [1.165, 1.54) is 0 Å². The molecular weight excluding hydrogens is 168 g/mol. The third kappa shape index (κ3) is 3.46. The molecule has 1 aliphatic heterocycles. The van der Waals surface area contributed by atoms with Crippen molar-refractivity contribution in [2.75, 3.05) is 6.54 Å². The Balaban J connectivity index is 2.18. The summed E-state index contributed by atoms with van der Waals surface area (Å²) in [5.41, 5.74) is 5.10. The number of allylic oxidation sites excluding steroid dienone is 1. The molecule has 0 radical (unpaired) electrons. The molecule has 0 bridgehead atoms. The van der Waals surface area contributed by atoms with Gasteiger partial charge in [-0.25, -0.2) is 0 Å². The maximum Gasteiger partial charge on any atom is 0.234 e. The Labute approximate surface area is 78.1 Å². The predicted molar refractivity (Wildman–Crippen MR) is 49.9 cm³/mol. The van der Waals surface area contributed by atoms with Gasteiger partial charge in [-0.05, 0) is 25.8 Å². The average Bonchev–Trinajstić information content (AvgIpc) is 2.15. The Morgan fingerprint density at radius 3 is 3.15 bits per heavy atom. The molecule has 0 saturated heterocycles. The summed E-state index contributed by atoms with van der Waals surface area (Å²) >= 11 is 0. The van der Waals surface area contributed by atoms with E-state index < -0.39 is 0 Å². The van der Waals surface area contributed by atoms with E-state index in [0.29, 0.717) is 6.54 Å². The van der Waals surface area contributed by atoms with Gasteiger partial charge in [0.05, 0.1) is 12.3 Å². The number of carbonyl (C=O) groups is 1. The van der Waals surface area contributed by atoms with E-state index in [4.69, 9.17) is 10.5 Å². The summed E-state index contributed by atoms with van der Waals surface area (Å²) < 4.78 is 5.31. The molecule has 0 aromatic rings. The van der Waals surface area contributed by atoms with Crippen LogP contribution < -0.4 is 11.1 Å². The average molecular weight is 184 g/mol. The molecule has 1 amide bonds. The molecule has 0 saturated carbocycles. The lowest BCUT2D eigenvalue weighted by Gasteiger charge is -2.21. The van der Waals surface area contributed by atoms with Crippen LogP contribution in [0.2, 0.25) is 0 Å². The van der Waals surface area contributed by atoms with E-state index in [1.54, 1.807) is 13.2 Å². The molecule has 2 atom stereocenters. The van der Waals surface area contributed by atoms with E-state index in [1.807, 2.05) is 6.08 Å². The monoisotopic (exact) mass is 184 g/mol. The number of ether oxygens (including phenoxy) is 1. The lowest BCUT2D eigenvalue weighted by molar-refractivity contribution is -0.119. The summed E-state index contributed by atoms with van der Waals surface area (Å²) in [6.45, 7) is 2.43. The quantitative estimate of drug-likeness (QED) is 0.653. The molecule has 3 N–H and O–H groups in total. The number of primary amides is 1. The lowest BCUT2D eigenvalue weighted by Crippen LogP contribution is -2.42. The Morgan fingerprint density at radius 1 is 1.85 bits per heavy atom. The van der Waals surface area contributed by atoms with E-state index in [9.17, 15) is 4.79 Å². The highest BCUT2D eigenvalue weighted by Crippen LogP contribution is 2.08. The largest absolute Gasteiger partial charge is 0.497 e. The highest BCUT2D eigenvalue weighted by molar-refractivity contribution is 5.79. The minimum atomic E-state index is -0.327. The van der Waals surface area contributed by atoms with Crippen LogP contribution >= 0.6 is 0 Å². The molecule has 13 heavy (non-hydrogen) atoms. The normalized spacial score (nSPS) is 23.6. The summed E-state index contributed by atoms with van der Waals surface area (Å²) in [7, 11) is 0. The Morgan fingerprint density at radius 2 is 2.62 bits per heavy atom. The first-order chi connectivity index (χ1) is 6.20. The highest BCUT2D eigenvalue weighted by atomic mass is 16.5. The van der Waals surface area contributed by atoms with Crippen molar-refractivity contribution in [1.82, 2.24) is 5.32 Å². The summed E-state index contributed by atoms with van der Waals surface area (Å²) in [6.07, 6.45) is 5.91. The topological polar surface area (TPSA) is 64.3 Å². The smallest absolute Gasteiger partial charge is 0.234 e. The first kappa shape index (κ1) is 10.1. The van der Waals surface area contributed by atoms with Gasteiger partial charge in [-0.15, -0.1) is 0 Å². The second-order valence-electron chi connectivity index (χ2n) is 3.24. The van der Waals surface area contributed by atoms with Gasteiger partial charge in [0.1, 0.15) is 6.10 Å². The molecule has 1 heterocycles. The fraction of sp³-hybridized carbons (Fsp3) is 0.667. The zero-order valence-corrected chi connectivity index (χ0v) is 7.82. The third-order valence-electron chi connectivity index (χ3n) is 2.10. The van der Waals surface area contributed by atoms with Crippen LogP contribution in [0.4, 0.5) is 0 Å². The molecule has 0 spiro atoms. The van der Waals surface area contributed by atoms with Crippen molar-refractivity contribution in [2.24, 2.45) is 5.73 Å². The summed E-state index contributed by atoms with van der Waals surface area (Å²) in [4.78, 5) is 10.7. The van der Waals surface area contributed by atoms with Crippen molar-refractivity contribution in [3.05, 3.63) is 12.3 Å². The van der Waals surface area contributed by atoms with Gasteiger partial charge in [-0.2, -0.15) is 0 Å². The predicted octanol–water partition coefficient (Wildman–Crippen LogP) is 0.142. The van der Waals surface area contributed by atoms with Gasteiger partial charge in [0.25, 0.3) is 0 Å². The van der Waals surface area contributed by atoms with Crippen LogP contribution in [0.3, 0.4) is 0 Å². The molecule has 74 valence electrons. The second kappa shape index (κ2) is 4.87. The third-order valence-corrected chi connectivity index (χ3v) is 2.10. The minimum absolute atomic E-state index is 0.173. The second-order valence-corrected chi connectivity index (χ2v) is 3.24. The van der Waals surface area contributed by atoms with Gasteiger partial charge in [-0.3, -0.25) is 4.79 Å². The molecule has 0 aliphatic carbocycles. The van der Waals surface area contributed by atoms with Gasteiger partial charge >= 0.3 is 0 Å². The Hall–Kier alpha value is -1.03. The maximum absolute atomic E-state index is 10.7. The zero-order chi connectivity index (χ0) is 9.68. The van der Waals surface area contributed by atoms with E-state index in [-0.39, 0.29) is 18.1 Å². The molecule has 1 rings (SSSR count). The fourth-order valence-corrected chi connectivity index (χ4v) is 1.14. The van der Waals surface area contributed by atoms with E-state index in [2.05, 4.69) is 5.32 Å². The zero-order valence-electron chi connectivity index (χ0n) is 7.82. The minimum Gasteiger partial charge on any atom is -0.497 e. The van der Waals surface area contributed by atoms with Gasteiger partial charge in [0, 0.05) is 6.54 Å². The SMILES string of the molecule is CC(NCC1CCC=CO1)C(N)=O. The molecule has 4 heteroatoms. The number of hydrogen-bond acceptors (Lipinski definition) is 3. The molecule has 0 aromatic carbocycles. The van der Waals surface area contributed by atoms with E-state index >= 15 is 0 Å². The molecule has 4 nitrogen and oxygen atoms in total. The molecular formula is C9H16N2O2. The van der Waals surface area contributed by atoms with Crippen LogP contribution in [-0.4, -0.2) is 24.6 Å². The molecule has 2 unspecified atom stereocenters. The Bertz CT molecular complexity index is 204. The van der Waals surface area contributed by atoms with Gasteiger partial charge in [-0.1, -0.05) is 0 Å². The Kier molecular flexibility index (Phi) is 3.76. The van der Waals surface area contributed by atoms with Crippen LogP contribution in [0.1, 0.15) is 19.8 Å². The van der Waals surface area contributed by atoms with Crippen LogP contribution in [0.25, 0.3) is 0 Å². The van der Waals surface area contributed by atoms with Crippen molar-refractivity contribution in [3.8, 4) is 0 Å². The summed E-state index contributed by atoms with van der Waals surface area (Å²) in [5.74, 6) is -0.327. The van der Waals surface area contributed by atoms with Gasteiger partial charge < -0.3 is 15.8 Å². The highest BCUT2D eigenvalue weighted by Gasteiger charge is 2.13. The maximum atomic E-state index is 10.7. The standard InChI is InChI=1S/C9H16N2O2/c1-7(9(10)12)11-6-8-4-2-3-5-13-8/h3,5,7-8,11H,2,4,6H2,1H3,(H2,10,12). The first-order valence-corrected chi connectivity index (χ1v) is 4.53. The molecule has 1 aliphatic rings. The number of nitrogens with one attached hydrogen (secondary N) is 1. The van der Waals surface area contributed by atoms with Crippen LogP contribution in [0.15, 0.2) is 12.3 Å². The molecule has 0 aromatic heterocycles. The van der Waals surface area contributed by atoms with Gasteiger partial charge in [0.15, 0.2) is 0 Å². The van der Waals surface area contributed by atoms with Crippen LogP contribution in [-0.2, 0) is 9.53 Å². The number of rotatable bonds is 4. The number of nitrogens with two attached hydrogens (primary N) is 1. The summed E-state index contributed by atoms with van der Waals surface area (Å²) in [5, 5.41) is 3.02. The van der Waals surface area contributed by atoms with Crippen molar-refractivity contribution in [2.45, 2.75) is 31.9 Å². The van der Waals surface area contributed by atoms with Crippen molar-refractivity contribution in [3.63, 3.8) is 0 Å². The first-order valence-electron chi connectivity index (χ1n) is 4.53. The molecule has 0 fully saturated rings.